The minimum atomic E-state index is 0.160. The van der Waals surface area contributed by atoms with E-state index in [2.05, 4.69) is 13.8 Å². The highest BCUT2D eigenvalue weighted by molar-refractivity contribution is 5.39. The van der Waals surface area contributed by atoms with Gasteiger partial charge in [-0.15, -0.1) is 0 Å². The fraction of sp³-hybridized carbons (Fsp3) is 0.571. The second-order valence-electron chi connectivity index (χ2n) is 4.64. The number of rotatable bonds is 7. The Morgan fingerprint density at radius 3 is 2.35 bits per heavy atom. The molecule has 0 aliphatic heterocycles. The van der Waals surface area contributed by atoms with E-state index in [0.717, 1.165) is 17.9 Å². The third-order valence-electron chi connectivity index (χ3n) is 2.61. The number of aliphatic hydroxyl groups is 1. The van der Waals surface area contributed by atoms with Gasteiger partial charge in [-0.1, -0.05) is 26.0 Å². The maximum atomic E-state index is 9.27. The van der Waals surface area contributed by atoms with E-state index in [0.29, 0.717) is 12.5 Å². The van der Waals surface area contributed by atoms with Gasteiger partial charge in [-0.05, 0) is 24.5 Å². The molecule has 3 nitrogen and oxygen atoms in total. The van der Waals surface area contributed by atoms with Crippen LogP contribution in [-0.2, 0) is 0 Å². The minimum Gasteiger partial charge on any atom is -0.493 e. The molecule has 1 N–H and O–H groups in total. The summed E-state index contributed by atoms with van der Waals surface area (Å²) in [6.45, 7) is 4.97. The van der Waals surface area contributed by atoms with Gasteiger partial charge in [-0.25, -0.2) is 0 Å². The van der Waals surface area contributed by atoms with Crippen LogP contribution in [0.1, 0.15) is 20.3 Å². The summed E-state index contributed by atoms with van der Waals surface area (Å²) in [4.78, 5) is 0. The zero-order chi connectivity index (χ0) is 12.7. The van der Waals surface area contributed by atoms with Crippen molar-refractivity contribution in [3.63, 3.8) is 0 Å². The molecule has 0 saturated carbocycles. The molecule has 17 heavy (non-hydrogen) atoms. The van der Waals surface area contributed by atoms with Gasteiger partial charge in [0.15, 0.2) is 11.5 Å². The molecule has 0 bridgehead atoms. The summed E-state index contributed by atoms with van der Waals surface area (Å²) in [6, 6.07) is 7.56. The molecule has 1 unspecified atom stereocenters. The molecule has 0 aliphatic rings. The molecule has 1 rings (SSSR count). The van der Waals surface area contributed by atoms with Crippen molar-refractivity contribution in [2.45, 2.75) is 20.3 Å². The molecule has 1 aromatic carbocycles. The Hall–Kier alpha value is -1.22. The highest BCUT2D eigenvalue weighted by Crippen LogP contribution is 2.26. The van der Waals surface area contributed by atoms with E-state index in [9.17, 15) is 5.11 Å². The third-order valence-corrected chi connectivity index (χ3v) is 2.61. The molecule has 1 aromatic rings. The summed E-state index contributed by atoms with van der Waals surface area (Å²) in [5.41, 5.74) is 0. The van der Waals surface area contributed by atoms with E-state index >= 15 is 0 Å². The minimum absolute atomic E-state index is 0.160. The van der Waals surface area contributed by atoms with Crippen LogP contribution < -0.4 is 9.47 Å². The number of hydrogen-bond acceptors (Lipinski definition) is 3. The number of methoxy groups -OCH3 is 1. The van der Waals surface area contributed by atoms with Gasteiger partial charge in [0.25, 0.3) is 0 Å². The second-order valence-corrected chi connectivity index (χ2v) is 4.64. The molecule has 0 saturated heterocycles. The lowest BCUT2D eigenvalue weighted by molar-refractivity contribution is 0.143. The quantitative estimate of drug-likeness (QED) is 0.793. The summed E-state index contributed by atoms with van der Waals surface area (Å²) in [6.07, 6.45) is 0.964. The average Bonchev–Trinajstić information content (AvgIpc) is 2.34. The number of benzene rings is 1. The second kappa shape index (κ2) is 7.17. The lowest BCUT2D eigenvalue weighted by Gasteiger charge is -2.18. The van der Waals surface area contributed by atoms with Crippen LogP contribution in [-0.4, -0.2) is 25.4 Å². The van der Waals surface area contributed by atoms with Crippen LogP contribution in [0.15, 0.2) is 24.3 Å². The smallest absolute Gasteiger partial charge is 0.161 e. The van der Waals surface area contributed by atoms with Crippen molar-refractivity contribution < 1.29 is 14.6 Å². The summed E-state index contributed by atoms with van der Waals surface area (Å²) in [5, 5.41) is 9.27. The molecule has 96 valence electrons. The van der Waals surface area contributed by atoms with E-state index in [1.54, 1.807) is 7.11 Å². The zero-order valence-corrected chi connectivity index (χ0v) is 10.8. The lowest BCUT2D eigenvalue weighted by atomic mass is 9.99. The standard InChI is InChI=1S/C14H22O3/c1-11(2)8-12(9-15)10-17-14-7-5-4-6-13(14)16-3/h4-7,11-12,15H,8-10H2,1-3H3. The largest absolute Gasteiger partial charge is 0.493 e. The van der Waals surface area contributed by atoms with Crippen LogP contribution in [0.4, 0.5) is 0 Å². The monoisotopic (exact) mass is 238 g/mol. The van der Waals surface area contributed by atoms with Gasteiger partial charge in [-0.3, -0.25) is 0 Å². The van der Waals surface area contributed by atoms with Crippen LogP contribution in [0.5, 0.6) is 11.5 Å². The summed E-state index contributed by atoms with van der Waals surface area (Å²) in [5.74, 6) is 2.21. The molecule has 0 amide bonds. The fourth-order valence-corrected chi connectivity index (χ4v) is 1.81. The van der Waals surface area contributed by atoms with Gasteiger partial charge in [-0.2, -0.15) is 0 Å². The molecule has 0 heterocycles. The predicted molar refractivity (Wildman–Crippen MR) is 68.5 cm³/mol. The van der Waals surface area contributed by atoms with Gasteiger partial charge < -0.3 is 14.6 Å². The maximum absolute atomic E-state index is 9.27. The van der Waals surface area contributed by atoms with Crippen molar-refractivity contribution in [3.8, 4) is 11.5 Å². The Bertz CT molecular complexity index is 323. The molecule has 0 aliphatic carbocycles. The molecule has 0 fully saturated rings. The SMILES string of the molecule is COc1ccccc1OCC(CO)CC(C)C. The van der Waals surface area contributed by atoms with E-state index < -0.39 is 0 Å². The van der Waals surface area contributed by atoms with Gasteiger partial charge in [0.05, 0.1) is 13.7 Å². The van der Waals surface area contributed by atoms with Crippen LogP contribution in [0.3, 0.4) is 0 Å². The Kier molecular flexibility index (Phi) is 5.84. The van der Waals surface area contributed by atoms with Crippen LogP contribution >= 0.6 is 0 Å². The van der Waals surface area contributed by atoms with Crippen LogP contribution in [0.2, 0.25) is 0 Å². The fourth-order valence-electron chi connectivity index (χ4n) is 1.81. The molecule has 0 radical (unpaired) electrons. The molecule has 3 heteroatoms. The molecular formula is C14H22O3. The van der Waals surface area contributed by atoms with Crippen molar-refractivity contribution in [1.29, 1.82) is 0 Å². The van der Waals surface area contributed by atoms with Gasteiger partial charge in [0.1, 0.15) is 0 Å². The van der Waals surface area contributed by atoms with E-state index in [4.69, 9.17) is 9.47 Å². The first-order valence-corrected chi connectivity index (χ1v) is 6.04. The van der Waals surface area contributed by atoms with Crippen molar-refractivity contribution >= 4 is 0 Å². The number of ether oxygens (including phenoxy) is 2. The highest BCUT2D eigenvalue weighted by atomic mass is 16.5. The molecule has 0 aromatic heterocycles. The van der Waals surface area contributed by atoms with Gasteiger partial charge >= 0.3 is 0 Å². The lowest BCUT2D eigenvalue weighted by Crippen LogP contribution is -2.18. The van der Waals surface area contributed by atoms with Crippen molar-refractivity contribution in [2.24, 2.45) is 11.8 Å². The highest BCUT2D eigenvalue weighted by Gasteiger charge is 2.12. The van der Waals surface area contributed by atoms with Crippen molar-refractivity contribution in [1.82, 2.24) is 0 Å². The summed E-state index contributed by atoms with van der Waals surface area (Å²) >= 11 is 0. The van der Waals surface area contributed by atoms with Gasteiger partial charge in [0, 0.05) is 12.5 Å². The topological polar surface area (TPSA) is 38.7 Å². The van der Waals surface area contributed by atoms with Crippen molar-refractivity contribution in [3.05, 3.63) is 24.3 Å². The number of para-hydroxylation sites is 2. The van der Waals surface area contributed by atoms with Gasteiger partial charge in [0.2, 0.25) is 0 Å². The Morgan fingerprint density at radius 1 is 1.18 bits per heavy atom. The zero-order valence-electron chi connectivity index (χ0n) is 10.8. The molecule has 0 spiro atoms. The Morgan fingerprint density at radius 2 is 1.82 bits per heavy atom. The predicted octanol–water partition coefficient (Wildman–Crippen LogP) is 2.73. The maximum Gasteiger partial charge on any atom is 0.161 e. The number of hydrogen-bond donors (Lipinski definition) is 1. The first-order chi connectivity index (χ1) is 8.17. The number of aliphatic hydroxyl groups excluding tert-OH is 1. The Labute approximate surface area is 103 Å². The van der Waals surface area contributed by atoms with E-state index in [1.807, 2.05) is 24.3 Å². The van der Waals surface area contributed by atoms with Crippen LogP contribution in [0, 0.1) is 11.8 Å². The molecule has 1 atom stereocenters. The average molecular weight is 238 g/mol. The first-order valence-electron chi connectivity index (χ1n) is 6.04. The first kappa shape index (κ1) is 13.8. The Balaban J connectivity index is 2.53. The van der Waals surface area contributed by atoms with Crippen LogP contribution in [0.25, 0.3) is 0 Å². The normalized spacial score (nSPS) is 12.5. The summed E-state index contributed by atoms with van der Waals surface area (Å²) in [7, 11) is 1.62. The van der Waals surface area contributed by atoms with Crippen molar-refractivity contribution in [2.75, 3.05) is 20.3 Å². The summed E-state index contributed by atoms with van der Waals surface area (Å²) < 4.78 is 10.9. The third kappa shape index (κ3) is 4.65. The van der Waals surface area contributed by atoms with E-state index in [1.165, 1.54) is 0 Å². The molecular weight excluding hydrogens is 216 g/mol. The van der Waals surface area contributed by atoms with E-state index in [-0.39, 0.29) is 12.5 Å².